The van der Waals surface area contributed by atoms with E-state index in [9.17, 15) is 0 Å². The summed E-state index contributed by atoms with van der Waals surface area (Å²) in [5, 5.41) is 3.99. The summed E-state index contributed by atoms with van der Waals surface area (Å²) in [6.07, 6.45) is 6.72. The first kappa shape index (κ1) is 10.6. The van der Waals surface area contributed by atoms with Gasteiger partial charge in [-0.1, -0.05) is 5.16 Å². The lowest BCUT2D eigenvalue weighted by atomic mass is 10.1. The summed E-state index contributed by atoms with van der Waals surface area (Å²) in [6, 6.07) is 4.27. The predicted octanol–water partition coefficient (Wildman–Crippen LogP) is 2.24. The fraction of sp³-hybridized carbons (Fsp3) is 0.462. The molecular formula is C13H17N3O. The first-order chi connectivity index (χ1) is 8.22. The topological polar surface area (TPSA) is 57.0 Å². The van der Waals surface area contributed by atoms with E-state index in [0.29, 0.717) is 5.92 Å². The third kappa shape index (κ3) is 2.26. The number of aromatic nitrogens is 2. The van der Waals surface area contributed by atoms with Crippen molar-refractivity contribution >= 4 is 0 Å². The normalized spacial score (nSPS) is 17.3. The van der Waals surface area contributed by atoms with Crippen molar-refractivity contribution in [3.05, 3.63) is 41.5 Å². The Morgan fingerprint density at radius 1 is 1.59 bits per heavy atom. The molecule has 0 amide bonds. The highest BCUT2D eigenvalue weighted by Gasteiger charge is 2.29. The van der Waals surface area contributed by atoms with Gasteiger partial charge in [-0.2, -0.15) is 0 Å². The monoisotopic (exact) mass is 231 g/mol. The zero-order valence-corrected chi connectivity index (χ0v) is 9.97. The Hall–Kier alpha value is -1.55. The first-order valence-electron chi connectivity index (χ1n) is 6.06. The van der Waals surface area contributed by atoms with Crippen molar-refractivity contribution < 1.29 is 4.52 Å². The van der Waals surface area contributed by atoms with Gasteiger partial charge in [-0.3, -0.25) is 0 Å². The van der Waals surface area contributed by atoms with Crippen molar-refractivity contribution in [3.63, 3.8) is 0 Å². The average Bonchev–Trinajstić information content (AvgIpc) is 2.93. The van der Waals surface area contributed by atoms with Crippen molar-refractivity contribution in [1.29, 1.82) is 0 Å². The highest BCUT2D eigenvalue weighted by atomic mass is 16.5. The Labute approximate surface area is 100 Å². The van der Waals surface area contributed by atoms with Crippen LogP contribution in [-0.4, -0.2) is 9.72 Å². The molecule has 1 unspecified atom stereocenters. The molecule has 3 rings (SSSR count). The summed E-state index contributed by atoms with van der Waals surface area (Å²) in [7, 11) is 0. The largest absolute Gasteiger partial charge is 0.361 e. The molecule has 4 nitrogen and oxygen atoms in total. The van der Waals surface area contributed by atoms with E-state index in [0.717, 1.165) is 18.0 Å². The third-order valence-electron chi connectivity index (χ3n) is 3.31. The Morgan fingerprint density at radius 2 is 2.41 bits per heavy atom. The van der Waals surface area contributed by atoms with Crippen LogP contribution < -0.4 is 5.73 Å². The molecule has 0 bridgehead atoms. The average molecular weight is 231 g/mol. The van der Waals surface area contributed by atoms with Gasteiger partial charge in [-0.05, 0) is 37.3 Å². The van der Waals surface area contributed by atoms with E-state index in [1.165, 1.54) is 18.4 Å². The smallest absolute Gasteiger partial charge is 0.133 e. The number of rotatable bonds is 4. The summed E-state index contributed by atoms with van der Waals surface area (Å²) in [5.41, 5.74) is 8.34. The minimum atomic E-state index is 0.204. The van der Waals surface area contributed by atoms with Crippen molar-refractivity contribution in [2.45, 2.75) is 32.4 Å². The van der Waals surface area contributed by atoms with Gasteiger partial charge in [0.15, 0.2) is 0 Å². The molecule has 4 heteroatoms. The van der Waals surface area contributed by atoms with Crippen LogP contribution >= 0.6 is 0 Å². The van der Waals surface area contributed by atoms with E-state index in [1.807, 2.05) is 13.0 Å². The summed E-state index contributed by atoms with van der Waals surface area (Å²) in [6.45, 7) is 2.65. The van der Waals surface area contributed by atoms with Gasteiger partial charge in [0.25, 0.3) is 0 Å². The third-order valence-corrected chi connectivity index (χ3v) is 3.31. The fourth-order valence-electron chi connectivity index (χ4n) is 2.16. The minimum absolute atomic E-state index is 0.204. The molecule has 1 saturated carbocycles. The molecule has 0 aromatic carbocycles. The van der Waals surface area contributed by atoms with Crippen LogP contribution in [0.25, 0.3) is 0 Å². The van der Waals surface area contributed by atoms with Gasteiger partial charge >= 0.3 is 0 Å². The number of nitrogens with zero attached hydrogens (tertiary/aromatic N) is 2. The van der Waals surface area contributed by atoms with Gasteiger partial charge in [-0.25, -0.2) is 0 Å². The van der Waals surface area contributed by atoms with E-state index in [1.54, 1.807) is 0 Å². The van der Waals surface area contributed by atoms with E-state index in [2.05, 4.69) is 28.2 Å². The van der Waals surface area contributed by atoms with Crippen molar-refractivity contribution in [3.8, 4) is 0 Å². The zero-order chi connectivity index (χ0) is 11.8. The SMILES string of the molecule is Cc1cc(Cn2ccc(C(N)C3CC3)c2)no1. The van der Waals surface area contributed by atoms with Gasteiger partial charge < -0.3 is 14.8 Å². The lowest BCUT2D eigenvalue weighted by Crippen LogP contribution is -2.11. The number of nitrogens with two attached hydrogens (primary N) is 1. The van der Waals surface area contributed by atoms with Crippen LogP contribution in [0.4, 0.5) is 0 Å². The van der Waals surface area contributed by atoms with E-state index in [4.69, 9.17) is 10.3 Å². The van der Waals surface area contributed by atoms with E-state index in [-0.39, 0.29) is 6.04 Å². The van der Waals surface area contributed by atoms with Crippen LogP contribution in [0.2, 0.25) is 0 Å². The Bertz CT molecular complexity index is 510. The van der Waals surface area contributed by atoms with Crippen molar-refractivity contribution in [2.24, 2.45) is 11.7 Å². The molecule has 0 saturated heterocycles. The summed E-state index contributed by atoms with van der Waals surface area (Å²) in [4.78, 5) is 0. The second kappa shape index (κ2) is 4.04. The first-order valence-corrected chi connectivity index (χ1v) is 6.06. The van der Waals surface area contributed by atoms with Crippen LogP contribution in [0.5, 0.6) is 0 Å². The zero-order valence-electron chi connectivity index (χ0n) is 9.97. The maximum absolute atomic E-state index is 6.16. The van der Waals surface area contributed by atoms with Crippen LogP contribution in [0.15, 0.2) is 29.0 Å². The van der Waals surface area contributed by atoms with Gasteiger partial charge in [0.1, 0.15) is 11.5 Å². The molecule has 0 radical (unpaired) electrons. The molecule has 0 spiro atoms. The molecular weight excluding hydrogens is 214 g/mol. The van der Waals surface area contributed by atoms with Crippen LogP contribution in [0, 0.1) is 12.8 Å². The minimum Gasteiger partial charge on any atom is -0.361 e. The van der Waals surface area contributed by atoms with Crippen molar-refractivity contribution in [2.75, 3.05) is 0 Å². The van der Waals surface area contributed by atoms with Gasteiger partial charge in [0, 0.05) is 24.5 Å². The second-order valence-corrected chi connectivity index (χ2v) is 4.91. The highest BCUT2D eigenvalue weighted by molar-refractivity contribution is 5.18. The Balaban J connectivity index is 1.71. The van der Waals surface area contributed by atoms with Crippen LogP contribution in [0.3, 0.4) is 0 Å². The number of hydrogen-bond donors (Lipinski definition) is 1. The molecule has 0 aliphatic heterocycles. The van der Waals surface area contributed by atoms with Gasteiger partial charge in [0.2, 0.25) is 0 Å². The number of hydrogen-bond acceptors (Lipinski definition) is 3. The van der Waals surface area contributed by atoms with Crippen LogP contribution in [-0.2, 0) is 6.54 Å². The number of aryl methyl sites for hydroxylation is 1. The van der Waals surface area contributed by atoms with E-state index < -0.39 is 0 Å². The molecule has 2 N–H and O–H groups in total. The maximum Gasteiger partial charge on any atom is 0.133 e. The Morgan fingerprint density at radius 3 is 3.06 bits per heavy atom. The second-order valence-electron chi connectivity index (χ2n) is 4.91. The summed E-state index contributed by atoms with van der Waals surface area (Å²) in [5.74, 6) is 1.54. The summed E-state index contributed by atoms with van der Waals surface area (Å²) >= 11 is 0. The highest BCUT2D eigenvalue weighted by Crippen LogP contribution is 2.39. The van der Waals surface area contributed by atoms with Crippen molar-refractivity contribution in [1.82, 2.24) is 9.72 Å². The fourth-order valence-corrected chi connectivity index (χ4v) is 2.16. The lowest BCUT2D eigenvalue weighted by Gasteiger charge is -2.06. The summed E-state index contributed by atoms with van der Waals surface area (Å²) < 4.78 is 7.16. The van der Waals surface area contributed by atoms with Gasteiger partial charge in [-0.15, -0.1) is 0 Å². The molecule has 2 aromatic heterocycles. The van der Waals surface area contributed by atoms with Crippen LogP contribution in [0.1, 0.15) is 35.9 Å². The standard InChI is InChI=1S/C13H17N3O/c1-9-6-12(15-17-9)8-16-5-4-11(7-16)13(14)10-2-3-10/h4-7,10,13H,2-3,8,14H2,1H3. The molecule has 17 heavy (non-hydrogen) atoms. The molecule has 2 aromatic rings. The molecule has 1 aliphatic rings. The molecule has 90 valence electrons. The maximum atomic E-state index is 6.16. The van der Waals surface area contributed by atoms with E-state index >= 15 is 0 Å². The Kier molecular flexibility index (Phi) is 2.52. The molecule has 1 fully saturated rings. The van der Waals surface area contributed by atoms with Gasteiger partial charge in [0.05, 0.1) is 6.54 Å². The lowest BCUT2D eigenvalue weighted by molar-refractivity contribution is 0.389. The molecule has 2 heterocycles. The predicted molar refractivity (Wildman–Crippen MR) is 64.4 cm³/mol. The molecule has 1 aliphatic carbocycles. The molecule has 1 atom stereocenters. The quantitative estimate of drug-likeness (QED) is 0.878.